The van der Waals surface area contributed by atoms with E-state index in [1.54, 1.807) is 0 Å². The zero-order valence-electron chi connectivity index (χ0n) is 13.0. The molecule has 1 nitrogen and oxygen atoms in total. The van der Waals surface area contributed by atoms with Crippen molar-refractivity contribution in [2.24, 2.45) is 0 Å². The van der Waals surface area contributed by atoms with Crippen molar-refractivity contribution in [2.75, 3.05) is 0 Å². The third kappa shape index (κ3) is 1.62. The number of hydrogen-bond acceptors (Lipinski definition) is 1. The molecule has 3 aromatic carbocycles. The van der Waals surface area contributed by atoms with Gasteiger partial charge < -0.3 is 4.42 Å². The first-order valence-electron chi connectivity index (χ1n) is 7.82. The van der Waals surface area contributed by atoms with E-state index in [9.17, 15) is 0 Å². The minimum absolute atomic E-state index is 0.0102. The quantitative estimate of drug-likeness (QED) is 0.341. The molecule has 0 N–H and O–H groups in total. The maximum absolute atomic E-state index is 6.15. The lowest BCUT2D eigenvalue weighted by atomic mass is 9.82. The largest absolute Gasteiger partial charge is 0.455 e. The van der Waals surface area contributed by atoms with Gasteiger partial charge in [-0.2, -0.15) is 0 Å². The SMILES string of the molecule is CC1(C)c2ccccc2-c2cc3c(cc21)oc1c(Br)cccc13. The Kier molecular flexibility index (Phi) is 2.48. The van der Waals surface area contributed by atoms with Gasteiger partial charge in [0.15, 0.2) is 0 Å². The van der Waals surface area contributed by atoms with Gasteiger partial charge >= 0.3 is 0 Å². The first kappa shape index (κ1) is 13.4. The molecule has 4 aromatic rings. The molecular weight excluding hydrogens is 348 g/mol. The molecule has 112 valence electrons. The number of halogens is 1. The Morgan fingerprint density at radius 3 is 2.52 bits per heavy atom. The zero-order chi connectivity index (χ0) is 15.8. The van der Waals surface area contributed by atoms with Crippen molar-refractivity contribution >= 4 is 37.9 Å². The fraction of sp³-hybridized carbons (Fsp3) is 0.143. The van der Waals surface area contributed by atoms with E-state index < -0.39 is 0 Å². The Morgan fingerprint density at radius 1 is 0.826 bits per heavy atom. The summed E-state index contributed by atoms with van der Waals surface area (Å²) < 4.78 is 7.16. The van der Waals surface area contributed by atoms with Gasteiger partial charge in [0.1, 0.15) is 11.2 Å². The van der Waals surface area contributed by atoms with E-state index in [1.807, 2.05) is 6.07 Å². The van der Waals surface area contributed by atoms with Gasteiger partial charge in [0.25, 0.3) is 0 Å². The molecule has 5 rings (SSSR count). The second-order valence-electron chi connectivity index (χ2n) is 6.78. The monoisotopic (exact) mass is 362 g/mol. The van der Waals surface area contributed by atoms with Crippen LogP contribution in [0.1, 0.15) is 25.0 Å². The molecule has 0 unspecified atom stereocenters. The van der Waals surface area contributed by atoms with Crippen LogP contribution in [0.15, 0.2) is 63.5 Å². The molecule has 1 aliphatic carbocycles. The fourth-order valence-electron chi connectivity index (χ4n) is 3.96. The predicted molar refractivity (Wildman–Crippen MR) is 99.0 cm³/mol. The van der Waals surface area contributed by atoms with Crippen LogP contribution in [-0.2, 0) is 5.41 Å². The van der Waals surface area contributed by atoms with Crippen LogP contribution in [0.2, 0.25) is 0 Å². The molecule has 1 heterocycles. The number of hydrogen-bond donors (Lipinski definition) is 0. The Morgan fingerprint density at radius 2 is 1.65 bits per heavy atom. The summed E-state index contributed by atoms with van der Waals surface area (Å²) in [6, 6.07) is 19.5. The standard InChI is InChI=1S/C21H15BrO/c1-21(2)16-8-4-3-6-12(16)14-10-15-13-7-5-9-18(22)20(13)23-19(15)11-17(14)21/h3-11H,1-2H3. The van der Waals surface area contributed by atoms with Gasteiger partial charge in [-0.1, -0.05) is 50.2 Å². The normalized spacial score (nSPS) is 15.1. The molecular formula is C21H15BrO. The van der Waals surface area contributed by atoms with Gasteiger partial charge in [-0.3, -0.25) is 0 Å². The van der Waals surface area contributed by atoms with Crippen molar-refractivity contribution in [2.45, 2.75) is 19.3 Å². The fourth-order valence-corrected chi connectivity index (χ4v) is 4.40. The molecule has 1 aromatic heterocycles. The highest BCUT2D eigenvalue weighted by Crippen LogP contribution is 2.50. The Balaban J connectivity index is 1.95. The maximum Gasteiger partial charge on any atom is 0.149 e. The molecule has 2 heteroatoms. The summed E-state index contributed by atoms with van der Waals surface area (Å²) in [4.78, 5) is 0. The van der Waals surface area contributed by atoms with Crippen LogP contribution < -0.4 is 0 Å². The lowest BCUT2D eigenvalue weighted by Crippen LogP contribution is -2.14. The third-order valence-electron chi connectivity index (χ3n) is 5.15. The number of para-hydroxylation sites is 1. The first-order valence-corrected chi connectivity index (χ1v) is 8.62. The predicted octanol–water partition coefficient (Wildman–Crippen LogP) is 6.65. The minimum Gasteiger partial charge on any atom is -0.455 e. The lowest BCUT2D eigenvalue weighted by Gasteiger charge is -2.21. The summed E-state index contributed by atoms with van der Waals surface area (Å²) in [6.07, 6.45) is 0. The molecule has 0 amide bonds. The average Bonchev–Trinajstić information content (AvgIpc) is 3.02. The van der Waals surface area contributed by atoms with Gasteiger partial charge in [-0.25, -0.2) is 0 Å². The van der Waals surface area contributed by atoms with Crippen LogP contribution in [0.25, 0.3) is 33.1 Å². The molecule has 0 saturated heterocycles. The molecule has 0 atom stereocenters. The van der Waals surface area contributed by atoms with E-state index in [0.717, 1.165) is 15.6 Å². The second kappa shape index (κ2) is 4.27. The van der Waals surface area contributed by atoms with E-state index in [2.05, 4.69) is 78.3 Å². The van der Waals surface area contributed by atoms with Gasteiger partial charge in [-0.15, -0.1) is 0 Å². The summed E-state index contributed by atoms with van der Waals surface area (Å²) in [6.45, 7) is 4.59. The highest BCUT2D eigenvalue weighted by molar-refractivity contribution is 9.10. The molecule has 0 saturated carbocycles. The van der Waals surface area contributed by atoms with Crippen molar-refractivity contribution in [3.63, 3.8) is 0 Å². The summed E-state index contributed by atoms with van der Waals surface area (Å²) in [7, 11) is 0. The van der Waals surface area contributed by atoms with Gasteiger partial charge in [0.2, 0.25) is 0 Å². The number of benzene rings is 3. The highest BCUT2D eigenvalue weighted by Gasteiger charge is 2.35. The molecule has 0 radical (unpaired) electrons. The van der Waals surface area contributed by atoms with Crippen molar-refractivity contribution < 1.29 is 4.42 Å². The van der Waals surface area contributed by atoms with Crippen LogP contribution in [0.3, 0.4) is 0 Å². The molecule has 0 spiro atoms. The van der Waals surface area contributed by atoms with Crippen molar-refractivity contribution in [3.05, 3.63) is 70.2 Å². The number of fused-ring (bicyclic) bond motifs is 6. The van der Waals surface area contributed by atoms with E-state index in [1.165, 1.54) is 33.0 Å². The molecule has 0 bridgehead atoms. The molecule has 23 heavy (non-hydrogen) atoms. The molecule has 0 fully saturated rings. The van der Waals surface area contributed by atoms with E-state index in [4.69, 9.17) is 4.42 Å². The van der Waals surface area contributed by atoms with Gasteiger partial charge in [0, 0.05) is 16.2 Å². The molecule has 0 aliphatic heterocycles. The summed E-state index contributed by atoms with van der Waals surface area (Å²) in [5.41, 5.74) is 7.33. The smallest absolute Gasteiger partial charge is 0.149 e. The summed E-state index contributed by atoms with van der Waals surface area (Å²) in [5.74, 6) is 0. The Labute approximate surface area is 143 Å². The van der Waals surface area contributed by atoms with Crippen LogP contribution in [0.5, 0.6) is 0 Å². The lowest BCUT2D eigenvalue weighted by molar-refractivity contribution is 0.646. The van der Waals surface area contributed by atoms with Crippen LogP contribution in [0, 0.1) is 0 Å². The van der Waals surface area contributed by atoms with Crippen molar-refractivity contribution in [1.82, 2.24) is 0 Å². The topological polar surface area (TPSA) is 13.1 Å². The number of rotatable bonds is 0. The summed E-state index contributed by atoms with van der Waals surface area (Å²) >= 11 is 3.60. The number of furan rings is 1. The first-order chi connectivity index (χ1) is 11.1. The van der Waals surface area contributed by atoms with Crippen LogP contribution >= 0.6 is 15.9 Å². The highest BCUT2D eigenvalue weighted by atomic mass is 79.9. The van der Waals surface area contributed by atoms with Gasteiger partial charge in [0.05, 0.1) is 4.47 Å². The second-order valence-corrected chi connectivity index (χ2v) is 7.64. The Bertz CT molecular complexity index is 1100. The minimum atomic E-state index is 0.0102. The van der Waals surface area contributed by atoms with Crippen LogP contribution in [-0.4, -0.2) is 0 Å². The molecule has 1 aliphatic rings. The maximum atomic E-state index is 6.15. The van der Waals surface area contributed by atoms with E-state index in [0.29, 0.717) is 0 Å². The van der Waals surface area contributed by atoms with E-state index in [-0.39, 0.29) is 5.41 Å². The van der Waals surface area contributed by atoms with Gasteiger partial charge in [-0.05, 0) is 56.4 Å². The Hall–Kier alpha value is -2.06. The average molecular weight is 363 g/mol. The van der Waals surface area contributed by atoms with Crippen molar-refractivity contribution in [3.8, 4) is 11.1 Å². The van der Waals surface area contributed by atoms with Crippen molar-refractivity contribution in [1.29, 1.82) is 0 Å². The van der Waals surface area contributed by atoms with Crippen LogP contribution in [0.4, 0.5) is 0 Å². The third-order valence-corrected chi connectivity index (χ3v) is 5.78. The zero-order valence-corrected chi connectivity index (χ0v) is 14.6. The summed E-state index contributed by atoms with van der Waals surface area (Å²) in [5, 5.41) is 2.35. The van der Waals surface area contributed by atoms with E-state index >= 15 is 0 Å².